The van der Waals surface area contributed by atoms with Gasteiger partial charge in [-0.05, 0) is 31.5 Å². The van der Waals surface area contributed by atoms with Crippen LogP contribution in [0.5, 0.6) is 5.75 Å². The molecule has 0 fully saturated rings. The first-order chi connectivity index (χ1) is 9.65. The molecule has 0 saturated carbocycles. The molecule has 4 nitrogen and oxygen atoms in total. The summed E-state index contributed by atoms with van der Waals surface area (Å²) in [6.45, 7) is 4.38. The maximum Gasteiger partial charge on any atom is 0.144 e. The Morgan fingerprint density at radius 2 is 2.25 bits per heavy atom. The van der Waals surface area contributed by atoms with Crippen LogP contribution in [0.3, 0.4) is 0 Å². The molecule has 1 unspecified atom stereocenters. The summed E-state index contributed by atoms with van der Waals surface area (Å²) in [6, 6.07) is 8.33. The summed E-state index contributed by atoms with van der Waals surface area (Å²) in [6.07, 6.45) is 2.88. The first kappa shape index (κ1) is 14.1. The molecule has 2 aromatic rings. The van der Waals surface area contributed by atoms with E-state index in [4.69, 9.17) is 10.00 Å². The smallest absolute Gasteiger partial charge is 0.144 e. The Labute approximate surface area is 117 Å². The third kappa shape index (κ3) is 2.97. The zero-order valence-electron chi connectivity index (χ0n) is 11.5. The Kier molecular flexibility index (Phi) is 4.36. The van der Waals surface area contributed by atoms with E-state index in [2.05, 4.69) is 18.9 Å². The van der Waals surface area contributed by atoms with Gasteiger partial charge in [0.15, 0.2) is 0 Å². The lowest BCUT2D eigenvalue weighted by atomic mass is 10.2. The zero-order chi connectivity index (χ0) is 14.5. The molecule has 0 spiro atoms. The molecule has 0 aliphatic heterocycles. The number of nitrogens with zero attached hydrogens (tertiary/aromatic N) is 3. The van der Waals surface area contributed by atoms with Gasteiger partial charge in [-0.3, -0.25) is 4.68 Å². The molecular formula is C15H16FN3O. The fraction of sp³-hybridized carbons (Fsp3) is 0.333. The average Bonchev–Trinajstić information content (AvgIpc) is 2.93. The van der Waals surface area contributed by atoms with Crippen molar-refractivity contribution in [1.29, 1.82) is 5.26 Å². The number of rotatable bonds is 5. The lowest BCUT2D eigenvalue weighted by Gasteiger charge is -2.09. The number of nitriles is 1. The summed E-state index contributed by atoms with van der Waals surface area (Å²) in [7, 11) is 0. The summed E-state index contributed by atoms with van der Waals surface area (Å²) >= 11 is 0. The molecule has 0 aliphatic rings. The molecule has 0 aliphatic carbocycles. The van der Waals surface area contributed by atoms with E-state index in [-0.39, 0.29) is 17.9 Å². The molecule has 0 bridgehead atoms. The van der Waals surface area contributed by atoms with Gasteiger partial charge in [0, 0.05) is 12.2 Å². The third-order valence-corrected chi connectivity index (χ3v) is 3.17. The lowest BCUT2D eigenvalue weighted by Crippen LogP contribution is -2.06. The van der Waals surface area contributed by atoms with Gasteiger partial charge in [0.1, 0.15) is 29.8 Å². The lowest BCUT2D eigenvalue weighted by molar-refractivity contribution is 0.295. The van der Waals surface area contributed by atoms with E-state index in [1.54, 1.807) is 6.07 Å². The van der Waals surface area contributed by atoms with Crippen molar-refractivity contribution in [3.05, 3.63) is 47.5 Å². The van der Waals surface area contributed by atoms with Gasteiger partial charge in [0.2, 0.25) is 0 Å². The molecule has 1 atom stereocenters. The SMILES string of the molecule is CCC(C)n1ccc(COc2cccc(F)c2C#N)n1. The van der Waals surface area contributed by atoms with E-state index in [0.717, 1.165) is 12.1 Å². The van der Waals surface area contributed by atoms with Crippen LogP contribution in [-0.4, -0.2) is 9.78 Å². The van der Waals surface area contributed by atoms with Gasteiger partial charge in [0.05, 0.1) is 5.69 Å². The number of ether oxygens (including phenoxy) is 1. The van der Waals surface area contributed by atoms with Crippen molar-refractivity contribution in [1.82, 2.24) is 9.78 Å². The maximum atomic E-state index is 13.4. The van der Waals surface area contributed by atoms with Crippen molar-refractivity contribution in [2.75, 3.05) is 0 Å². The molecule has 0 amide bonds. The Balaban J connectivity index is 2.08. The minimum atomic E-state index is -0.574. The Morgan fingerprint density at radius 3 is 2.95 bits per heavy atom. The molecule has 1 heterocycles. The van der Waals surface area contributed by atoms with Crippen LogP contribution in [-0.2, 0) is 6.61 Å². The van der Waals surface area contributed by atoms with Crippen LogP contribution in [0.25, 0.3) is 0 Å². The van der Waals surface area contributed by atoms with Crippen molar-refractivity contribution in [2.45, 2.75) is 32.9 Å². The summed E-state index contributed by atoms with van der Waals surface area (Å²) < 4.78 is 20.8. The molecule has 0 N–H and O–H groups in total. The molecule has 20 heavy (non-hydrogen) atoms. The normalized spacial score (nSPS) is 11.9. The highest BCUT2D eigenvalue weighted by molar-refractivity contribution is 5.43. The van der Waals surface area contributed by atoms with Crippen LogP contribution in [0.2, 0.25) is 0 Å². The highest BCUT2D eigenvalue weighted by Crippen LogP contribution is 2.21. The van der Waals surface area contributed by atoms with E-state index in [0.29, 0.717) is 6.04 Å². The zero-order valence-corrected chi connectivity index (χ0v) is 11.5. The predicted octanol–water partition coefficient (Wildman–Crippen LogP) is 3.44. The monoisotopic (exact) mass is 273 g/mol. The van der Waals surface area contributed by atoms with Crippen molar-refractivity contribution < 1.29 is 9.13 Å². The first-order valence-corrected chi connectivity index (χ1v) is 6.51. The van der Waals surface area contributed by atoms with Gasteiger partial charge >= 0.3 is 0 Å². The van der Waals surface area contributed by atoms with Crippen molar-refractivity contribution in [3.63, 3.8) is 0 Å². The van der Waals surface area contributed by atoms with Crippen molar-refractivity contribution >= 4 is 0 Å². The molecule has 1 aromatic carbocycles. The second-order valence-corrected chi connectivity index (χ2v) is 4.56. The second-order valence-electron chi connectivity index (χ2n) is 4.56. The molecule has 104 valence electrons. The summed E-state index contributed by atoms with van der Waals surface area (Å²) in [4.78, 5) is 0. The maximum absolute atomic E-state index is 13.4. The van der Waals surface area contributed by atoms with Crippen LogP contribution in [0, 0.1) is 17.1 Å². The summed E-state index contributed by atoms with van der Waals surface area (Å²) in [5, 5.41) is 13.3. The van der Waals surface area contributed by atoms with Gasteiger partial charge in [-0.1, -0.05) is 13.0 Å². The first-order valence-electron chi connectivity index (χ1n) is 6.51. The number of hydrogen-bond acceptors (Lipinski definition) is 3. The van der Waals surface area contributed by atoms with Crippen LogP contribution >= 0.6 is 0 Å². The molecule has 2 rings (SSSR count). The highest BCUT2D eigenvalue weighted by atomic mass is 19.1. The van der Waals surface area contributed by atoms with Crippen LogP contribution < -0.4 is 4.74 Å². The minimum absolute atomic E-state index is 0.0751. The van der Waals surface area contributed by atoms with E-state index < -0.39 is 5.82 Å². The van der Waals surface area contributed by atoms with Gasteiger partial charge < -0.3 is 4.74 Å². The van der Waals surface area contributed by atoms with Gasteiger partial charge in [0.25, 0.3) is 0 Å². The standard InChI is InChI=1S/C15H16FN3O/c1-3-11(2)19-8-7-12(18-19)10-20-15-6-4-5-14(16)13(15)9-17/h4-8,11H,3,10H2,1-2H3. The quantitative estimate of drug-likeness (QED) is 0.838. The number of benzene rings is 1. The molecule has 0 radical (unpaired) electrons. The minimum Gasteiger partial charge on any atom is -0.486 e. The molecule has 5 heteroatoms. The Hall–Kier alpha value is -2.35. The van der Waals surface area contributed by atoms with Gasteiger partial charge in [-0.25, -0.2) is 4.39 Å². The highest BCUT2D eigenvalue weighted by Gasteiger charge is 2.10. The average molecular weight is 273 g/mol. The van der Waals surface area contributed by atoms with E-state index >= 15 is 0 Å². The predicted molar refractivity (Wildman–Crippen MR) is 72.7 cm³/mol. The largest absolute Gasteiger partial charge is 0.486 e. The number of aromatic nitrogens is 2. The fourth-order valence-corrected chi connectivity index (χ4v) is 1.77. The molecule has 1 aromatic heterocycles. The van der Waals surface area contributed by atoms with Crippen molar-refractivity contribution in [3.8, 4) is 11.8 Å². The van der Waals surface area contributed by atoms with Gasteiger partial charge in [-0.15, -0.1) is 0 Å². The molecular weight excluding hydrogens is 257 g/mol. The fourth-order valence-electron chi connectivity index (χ4n) is 1.77. The van der Waals surface area contributed by atoms with Crippen molar-refractivity contribution in [2.24, 2.45) is 0 Å². The second kappa shape index (κ2) is 6.20. The van der Waals surface area contributed by atoms with E-state index in [9.17, 15) is 4.39 Å². The van der Waals surface area contributed by atoms with Crippen LogP contribution in [0.15, 0.2) is 30.5 Å². The van der Waals surface area contributed by atoms with E-state index in [1.165, 1.54) is 12.1 Å². The molecule has 0 saturated heterocycles. The van der Waals surface area contributed by atoms with Gasteiger partial charge in [-0.2, -0.15) is 10.4 Å². The Bertz CT molecular complexity index is 630. The number of hydrogen-bond donors (Lipinski definition) is 0. The topological polar surface area (TPSA) is 50.8 Å². The van der Waals surface area contributed by atoms with E-state index in [1.807, 2.05) is 23.0 Å². The summed E-state index contributed by atoms with van der Waals surface area (Å²) in [5.74, 6) is -0.333. The van der Waals surface area contributed by atoms with Crippen LogP contribution in [0.1, 0.15) is 37.6 Å². The van der Waals surface area contributed by atoms with Crippen LogP contribution in [0.4, 0.5) is 4.39 Å². The number of halogens is 1. The summed E-state index contributed by atoms with van der Waals surface area (Å²) in [5.41, 5.74) is 0.673. The Morgan fingerprint density at radius 1 is 1.45 bits per heavy atom. The third-order valence-electron chi connectivity index (χ3n) is 3.17.